The summed E-state index contributed by atoms with van der Waals surface area (Å²) >= 11 is 0. The van der Waals surface area contributed by atoms with Crippen LogP contribution < -0.4 is 0 Å². The molecule has 0 heterocycles. The largest absolute Gasteiger partial charge is 0.198 e. The van der Waals surface area contributed by atoms with Crippen molar-refractivity contribution < 1.29 is 0 Å². The molecule has 0 N–H and O–H groups in total. The van der Waals surface area contributed by atoms with Crippen molar-refractivity contribution >= 4 is 0 Å². The number of unbranched alkanes of at least 4 members (excludes halogenated alkanes) is 1. The van der Waals surface area contributed by atoms with E-state index < -0.39 is 0 Å². The molecule has 1 heteroatoms. The van der Waals surface area contributed by atoms with Crippen LogP contribution in [-0.4, -0.2) is 0 Å². The Kier molecular flexibility index (Phi) is 5.31. The lowest BCUT2D eigenvalue weighted by molar-refractivity contribution is 0.0372. The fraction of sp³-hybridized carbons (Fsp3) is 0.944. The lowest BCUT2D eigenvalue weighted by atomic mass is 9.55. The number of rotatable bonds is 5. The third-order valence-electron chi connectivity index (χ3n) is 5.86. The van der Waals surface area contributed by atoms with E-state index in [0.717, 1.165) is 17.8 Å². The van der Waals surface area contributed by atoms with Crippen LogP contribution in [0.3, 0.4) is 0 Å². The topological polar surface area (TPSA) is 23.8 Å². The van der Waals surface area contributed by atoms with Crippen LogP contribution in [0.15, 0.2) is 0 Å². The Morgan fingerprint density at radius 3 is 2.58 bits per heavy atom. The molecule has 2 fully saturated rings. The van der Waals surface area contributed by atoms with Gasteiger partial charge in [-0.3, -0.25) is 0 Å². The number of nitrogens with zero attached hydrogens (tertiary/aromatic N) is 1. The van der Waals surface area contributed by atoms with Gasteiger partial charge in [-0.25, -0.2) is 0 Å². The zero-order chi connectivity index (χ0) is 13.7. The van der Waals surface area contributed by atoms with E-state index in [1.165, 1.54) is 70.6 Å². The first-order valence-electron chi connectivity index (χ1n) is 8.65. The highest BCUT2D eigenvalue weighted by Gasteiger charge is 2.47. The quantitative estimate of drug-likeness (QED) is 0.622. The fourth-order valence-electron chi connectivity index (χ4n) is 4.73. The minimum atomic E-state index is 0.0702. The third-order valence-corrected chi connectivity index (χ3v) is 5.86. The molecular formula is C18H31N. The van der Waals surface area contributed by atoms with Crippen molar-refractivity contribution in [2.45, 2.75) is 84.5 Å². The lowest BCUT2D eigenvalue weighted by Gasteiger charge is -2.48. The molecule has 4 atom stereocenters. The molecular weight excluding hydrogens is 230 g/mol. The second-order valence-corrected chi connectivity index (χ2v) is 7.18. The van der Waals surface area contributed by atoms with Crippen LogP contribution in [0.25, 0.3) is 0 Å². The molecule has 108 valence electrons. The first-order chi connectivity index (χ1) is 9.24. The van der Waals surface area contributed by atoms with Crippen LogP contribution in [0.4, 0.5) is 0 Å². The minimum absolute atomic E-state index is 0.0702. The molecule has 2 rings (SSSR count). The van der Waals surface area contributed by atoms with Crippen LogP contribution in [0.1, 0.15) is 84.5 Å². The zero-order valence-electron chi connectivity index (χ0n) is 13.0. The molecule has 0 aromatic heterocycles. The van der Waals surface area contributed by atoms with Gasteiger partial charge in [0.25, 0.3) is 0 Å². The maximum Gasteiger partial charge on any atom is 0.0692 e. The van der Waals surface area contributed by atoms with Gasteiger partial charge in [0.05, 0.1) is 11.5 Å². The smallest absolute Gasteiger partial charge is 0.0692 e. The number of hydrogen-bond acceptors (Lipinski definition) is 1. The predicted octanol–water partition coefficient (Wildman–Crippen LogP) is 5.70. The molecule has 19 heavy (non-hydrogen) atoms. The van der Waals surface area contributed by atoms with Crippen LogP contribution >= 0.6 is 0 Å². The molecule has 2 saturated carbocycles. The Hall–Kier alpha value is -0.510. The van der Waals surface area contributed by atoms with E-state index >= 15 is 0 Å². The molecule has 2 aliphatic carbocycles. The van der Waals surface area contributed by atoms with Crippen LogP contribution in [0.2, 0.25) is 0 Å². The normalized spacial score (nSPS) is 38.5. The van der Waals surface area contributed by atoms with Gasteiger partial charge in [-0.15, -0.1) is 0 Å². The van der Waals surface area contributed by atoms with Crippen molar-refractivity contribution in [3.63, 3.8) is 0 Å². The van der Waals surface area contributed by atoms with Crippen LogP contribution in [0, 0.1) is 34.5 Å². The molecule has 0 saturated heterocycles. The number of nitriles is 1. The van der Waals surface area contributed by atoms with E-state index in [-0.39, 0.29) is 5.41 Å². The van der Waals surface area contributed by atoms with Gasteiger partial charge in [-0.2, -0.15) is 5.26 Å². The van der Waals surface area contributed by atoms with Crippen molar-refractivity contribution in [2.75, 3.05) is 0 Å². The second kappa shape index (κ2) is 6.78. The van der Waals surface area contributed by atoms with Crippen molar-refractivity contribution in [1.82, 2.24) is 0 Å². The average Bonchev–Trinajstić information content (AvgIpc) is 2.45. The first kappa shape index (κ1) is 14.9. The molecule has 0 aromatic carbocycles. The van der Waals surface area contributed by atoms with E-state index in [9.17, 15) is 5.26 Å². The number of hydrogen-bond donors (Lipinski definition) is 0. The highest BCUT2D eigenvalue weighted by molar-refractivity contribution is 5.08. The Bertz CT molecular complexity index is 316. The van der Waals surface area contributed by atoms with Gasteiger partial charge in [0, 0.05) is 0 Å². The molecule has 0 aromatic rings. The molecule has 0 radical (unpaired) electrons. The predicted molar refractivity (Wildman–Crippen MR) is 80.7 cm³/mol. The van der Waals surface area contributed by atoms with Crippen molar-refractivity contribution in [3.05, 3.63) is 0 Å². The Morgan fingerprint density at radius 1 is 1.05 bits per heavy atom. The summed E-state index contributed by atoms with van der Waals surface area (Å²) in [6.45, 7) is 4.57. The molecule has 4 unspecified atom stereocenters. The van der Waals surface area contributed by atoms with Gasteiger partial charge in [-0.05, 0) is 49.9 Å². The van der Waals surface area contributed by atoms with E-state index in [0.29, 0.717) is 0 Å². The summed E-state index contributed by atoms with van der Waals surface area (Å²) in [6, 6.07) is 2.78. The van der Waals surface area contributed by atoms with Crippen molar-refractivity contribution in [1.29, 1.82) is 5.26 Å². The summed E-state index contributed by atoms with van der Waals surface area (Å²) in [5.74, 6) is 2.49. The molecule has 1 nitrogen and oxygen atoms in total. The first-order valence-corrected chi connectivity index (χ1v) is 8.65. The molecule has 0 spiro atoms. The standard InChI is InChI=1S/C18H31N/c1-3-5-7-15-10-11-18(14-19)13-16(6-4-2)8-9-17(18)12-15/h15-17H,3-13H2,1-2H3. The summed E-state index contributed by atoms with van der Waals surface area (Å²) in [5.41, 5.74) is 0.0702. The maximum absolute atomic E-state index is 9.78. The highest BCUT2D eigenvalue weighted by atomic mass is 14.5. The Balaban J connectivity index is 1.96. The minimum Gasteiger partial charge on any atom is -0.198 e. The maximum atomic E-state index is 9.78. The Labute approximate surface area is 119 Å². The van der Waals surface area contributed by atoms with Gasteiger partial charge >= 0.3 is 0 Å². The lowest BCUT2D eigenvalue weighted by Crippen LogP contribution is -2.40. The summed E-state index contributed by atoms with van der Waals surface area (Å²) in [7, 11) is 0. The van der Waals surface area contributed by atoms with Gasteiger partial charge < -0.3 is 0 Å². The fourth-order valence-corrected chi connectivity index (χ4v) is 4.73. The van der Waals surface area contributed by atoms with Gasteiger partial charge in [0.1, 0.15) is 0 Å². The monoisotopic (exact) mass is 261 g/mol. The van der Waals surface area contributed by atoms with Crippen LogP contribution in [-0.2, 0) is 0 Å². The van der Waals surface area contributed by atoms with Gasteiger partial charge in [0.15, 0.2) is 0 Å². The highest BCUT2D eigenvalue weighted by Crippen LogP contribution is 2.54. The Morgan fingerprint density at radius 2 is 1.89 bits per heavy atom. The second-order valence-electron chi connectivity index (χ2n) is 7.18. The molecule has 0 aliphatic heterocycles. The van der Waals surface area contributed by atoms with E-state index in [1.54, 1.807) is 0 Å². The zero-order valence-corrected chi connectivity index (χ0v) is 13.0. The third kappa shape index (κ3) is 3.33. The molecule has 0 bridgehead atoms. The van der Waals surface area contributed by atoms with E-state index in [1.807, 2.05) is 0 Å². The van der Waals surface area contributed by atoms with E-state index in [4.69, 9.17) is 0 Å². The van der Waals surface area contributed by atoms with Crippen LogP contribution in [0.5, 0.6) is 0 Å². The average molecular weight is 261 g/mol. The van der Waals surface area contributed by atoms with Gasteiger partial charge in [0.2, 0.25) is 0 Å². The van der Waals surface area contributed by atoms with Crippen molar-refractivity contribution in [3.8, 4) is 6.07 Å². The SMILES string of the molecule is CCCCC1CCC2(C#N)CC(CCC)CCC2C1. The summed E-state index contributed by atoms with van der Waals surface area (Å²) in [4.78, 5) is 0. The summed E-state index contributed by atoms with van der Waals surface area (Å²) in [6.07, 6.45) is 14.6. The molecule has 0 amide bonds. The van der Waals surface area contributed by atoms with E-state index in [2.05, 4.69) is 19.9 Å². The summed E-state index contributed by atoms with van der Waals surface area (Å²) in [5, 5.41) is 9.78. The number of fused-ring (bicyclic) bond motifs is 1. The van der Waals surface area contributed by atoms with Crippen molar-refractivity contribution in [2.24, 2.45) is 23.2 Å². The van der Waals surface area contributed by atoms with Gasteiger partial charge in [-0.1, -0.05) is 52.4 Å². The molecule has 2 aliphatic rings. The summed E-state index contributed by atoms with van der Waals surface area (Å²) < 4.78 is 0.